The van der Waals surface area contributed by atoms with E-state index in [1.54, 1.807) is 19.2 Å². The number of ether oxygens (including phenoxy) is 2. The van der Waals surface area contributed by atoms with Gasteiger partial charge >= 0.3 is 0 Å². The summed E-state index contributed by atoms with van der Waals surface area (Å²) in [7, 11) is 5.04. The molecule has 0 aliphatic carbocycles. The average Bonchev–Trinajstić information content (AvgIpc) is 3.06. The van der Waals surface area contributed by atoms with Crippen molar-refractivity contribution in [2.24, 2.45) is 12.0 Å². The van der Waals surface area contributed by atoms with Gasteiger partial charge in [0, 0.05) is 41.3 Å². The van der Waals surface area contributed by atoms with Crippen LogP contribution >= 0.6 is 23.2 Å². The van der Waals surface area contributed by atoms with Crippen molar-refractivity contribution < 1.29 is 14.3 Å². The van der Waals surface area contributed by atoms with Crippen LogP contribution < -0.4 is 10.1 Å². The molecule has 0 spiro atoms. The second-order valence-electron chi connectivity index (χ2n) is 6.70. The van der Waals surface area contributed by atoms with Crippen LogP contribution in [0.15, 0.2) is 47.7 Å². The molecule has 31 heavy (non-hydrogen) atoms. The summed E-state index contributed by atoms with van der Waals surface area (Å²) in [5.41, 5.74) is 3.14. The van der Waals surface area contributed by atoms with E-state index in [1.807, 2.05) is 29.8 Å². The Bertz CT molecular complexity index is 1330. The minimum Gasteiger partial charge on any atom is -0.495 e. The van der Waals surface area contributed by atoms with Crippen molar-refractivity contribution in [1.82, 2.24) is 9.55 Å². The summed E-state index contributed by atoms with van der Waals surface area (Å²) in [6.07, 6.45) is 4.20. The van der Waals surface area contributed by atoms with Gasteiger partial charge in [0.1, 0.15) is 5.75 Å². The molecule has 0 saturated carbocycles. The molecule has 0 saturated heterocycles. The summed E-state index contributed by atoms with van der Waals surface area (Å²) in [5, 5.41) is 4.88. The topological polar surface area (TPSA) is 77.7 Å². The van der Waals surface area contributed by atoms with Gasteiger partial charge in [0.2, 0.25) is 0 Å². The van der Waals surface area contributed by atoms with Crippen LogP contribution in [0.25, 0.3) is 21.8 Å². The highest BCUT2D eigenvalue weighted by Crippen LogP contribution is 2.39. The van der Waals surface area contributed by atoms with Gasteiger partial charge in [0.05, 0.1) is 41.2 Å². The molecule has 7 nitrogen and oxygen atoms in total. The van der Waals surface area contributed by atoms with E-state index in [9.17, 15) is 4.79 Å². The Morgan fingerprint density at radius 3 is 2.58 bits per heavy atom. The third-order valence-corrected chi connectivity index (χ3v) is 5.52. The maximum Gasteiger partial charge on any atom is 0.256 e. The third kappa shape index (κ3) is 3.66. The van der Waals surface area contributed by atoms with Crippen molar-refractivity contribution in [1.29, 1.82) is 0 Å². The number of hydrogen-bond donors (Lipinski definition) is 1. The highest BCUT2D eigenvalue weighted by atomic mass is 35.5. The lowest BCUT2D eigenvalue weighted by Crippen LogP contribution is -2.13. The van der Waals surface area contributed by atoms with E-state index < -0.39 is 0 Å². The molecule has 0 fully saturated rings. The maximum atomic E-state index is 13.3. The van der Waals surface area contributed by atoms with Gasteiger partial charge in [-0.1, -0.05) is 23.2 Å². The molecule has 0 atom stereocenters. The zero-order valence-corrected chi connectivity index (χ0v) is 18.5. The molecule has 0 unspecified atom stereocenters. The number of carbonyl (C=O) groups excluding carboxylic acids is 1. The number of aromatic nitrogens is 2. The molecule has 1 amide bonds. The normalized spacial score (nSPS) is 11.4. The van der Waals surface area contributed by atoms with E-state index in [-0.39, 0.29) is 16.0 Å². The van der Waals surface area contributed by atoms with E-state index in [2.05, 4.69) is 15.3 Å². The molecular weight excluding hydrogens is 439 g/mol. The number of aliphatic imine (C=N–C) groups is 1. The molecule has 2 aromatic carbocycles. The monoisotopic (exact) mass is 456 g/mol. The van der Waals surface area contributed by atoms with Crippen molar-refractivity contribution in [2.45, 2.75) is 0 Å². The van der Waals surface area contributed by atoms with Crippen molar-refractivity contribution >= 4 is 68.7 Å². The first-order chi connectivity index (χ1) is 15.0. The fraction of sp³-hybridized carbons (Fsp3) is 0.136. The van der Waals surface area contributed by atoms with Crippen LogP contribution in [0.4, 0.5) is 11.4 Å². The third-order valence-electron chi connectivity index (χ3n) is 4.95. The molecule has 9 heteroatoms. The van der Waals surface area contributed by atoms with Gasteiger partial charge in [-0.15, -0.1) is 0 Å². The van der Waals surface area contributed by atoms with Crippen LogP contribution in [-0.4, -0.2) is 36.1 Å². The summed E-state index contributed by atoms with van der Waals surface area (Å²) < 4.78 is 12.5. The number of nitrogens with zero attached hydrogens (tertiary/aromatic N) is 3. The fourth-order valence-corrected chi connectivity index (χ4v) is 4.03. The summed E-state index contributed by atoms with van der Waals surface area (Å²) in [4.78, 5) is 21.5. The number of benzene rings is 2. The van der Waals surface area contributed by atoms with Crippen molar-refractivity contribution in [3.63, 3.8) is 0 Å². The maximum absolute atomic E-state index is 13.3. The number of hydrogen-bond acceptors (Lipinski definition) is 5. The number of halogens is 2. The van der Waals surface area contributed by atoms with Gasteiger partial charge in [-0.2, -0.15) is 0 Å². The number of rotatable bonds is 5. The summed E-state index contributed by atoms with van der Waals surface area (Å²) in [6.45, 7) is 0. The lowest BCUT2D eigenvalue weighted by atomic mass is 10.0. The second kappa shape index (κ2) is 8.45. The van der Waals surface area contributed by atoms with E-state index in [0.717, 1.165) is 21.8 Å². The number of anilines is 1. The largest absolute Gasteiger partial charge is 0.495 e. The summed E-state index contributed by atoms with van der Waals surface area (Å²) in [6, 6.07) is 9.19. The number of methoxy groups -OCH3 is 2. The van der Waals surface area contributed by atoms with Gasteiger partial charge in [-0.05, 0) is 30.3 Å². The Balaban J connectivity index is 1.95. The highest BCUT2D eigenvalue weighted by molar-refractivity contribution is 6.40. The minimum atomic E-state index is -0.360. The van der Waals surface area contributed by atoms with Gasteiger partial charge in [0.15, 0.2) is 6.40 Å². The predicted molar refractivity (Wildman–Crippen MR) is 124 cm³/mol. The quantitative estimate of drug-likeness (QED) is 0.313. The standard InChI is InChI=1S/C22H18Cl2N4O3/c1-28-17-6-4-12(26-11-30-2)8-14(17)19-13(5-7-18(31-3)21(19)28)22(29)27-20-15(23)9-25-10-16(20)24/h4-11H,1-3H3,(H,25,27,29)/b26-11+. The molecular formula is C22H18Cl2N4O3. The number of pyridine rings is 1. The van der Waals surface area contributed by atoms with Crippen LogP contribution in [-0.2, 0) is 11.8 Å². The van der Waals surface area contributed by atoms with Gasteiger partial charge < -0.3 is 19.4 Å². The van der Waals surface area contributed by atoms with Gasteiger partial charge in [0.25, 0.3) is 5.91 Å². The molecule has 2 aromatic heterocycles. The van der Waals surface area contributed by atoms with E-state index in [1.165, 1.54) is 25.9 Å². The van der Waals surface area contributed by atoms with Gasteiger partial charge in [-0.3, -0.25) is 9.78 Å². The van der Waals surface area contributed by atoms with Crippen LogP contribution in [0.1, 0.15) is 10.4 Å². The molecule has 4 rings (SSSR count). The van der Waals surface area contributed by atoms with Crippen molar-refractivity contribution in [2.75, 3.05) is 19.5 Å². The molecule has 0 bridgehead atoms. The number of amides is 1. The average molecular weight is 457 g/mol. The number of carbonyl (C=O) groups is 1. The molecule has 1 N–H and O–H groups in total. The molecule has 4 aromatic rings. The number of fused-ring (bicyclic) bond motifs is 3. The number of aryl methyl sites for hydroxylation is 1. The van der Waals surface area contributed by atoms with Crippen LogP contribution in [0.3, 0.4) is 0 Å². The SMILES string of the molecule is CO/C=N/c1ccc2c(c1)c1c(C(=O)Nc3c(Cl)cncc3Cl)ccc(OC)c1n2C. The van der Waals surface area contributed by atoms with Crippen LogP contribution in [0.5, 0.6) is 5.75 Å². The first-order valence-electron chi connectivity index (χ1n) is 9.21. The summed E-state index contributed by atoms with van der Waals surface area (Å²) >= 11 is 12.4. The van der Waals surface area contributed by atoms with E-state index in [0.29, 0.717) is 22.7 Å². The van der Waals surface area contributed by atoms with Crippen molar-refractivity contribution in [3.05, 3.63) is 58.3 Å². The van der Waals surface area contributed by atoms with Gasteiger partial charge in [-0.25, -0.2) is 4.99 Å². The van der Waals surface area contributed by atoms with Crippen LogP contribution in [0.2, 0.25) is 10.0 Å². The lowest BCUT2D eigenvalue weighted by molar-refractivity contribution is 0.102. The van der Waals surface area contributed by atoms with E-state index >= 15 is 0 Å². The number of nitrogens with one attached hydrogen (secondary N) is 1. The molecule has 2 heterocycles. The second-order valence-corrected chi connectivity index (χ2v) is 7.52. The highest BCUT2D eigenvalue weighted by Gasteiger charge is 2.21. The first-order valence-corrected chi connectivity index (χ1v) is 9.96. The summed E-state index contributed by atoms with van der Waals surface area (Å²) in [5.74, 6) is 0.285. The Hall–Kier alpha value is -3.29. The van der Waals surface area contributed by atoms with E-state index in [4.69, 9.17) is 32.7 Å². The zero-order chi connectivity index (χ0) is 22.1. The van der Waals surface area contributed by atoms with Crippen LogP contribution in [0, 0.1) is 0 Å². The Labute approximate surface area is 188 Å². The minimum absolute atomic E-state index is 0.250. The Kier molecular flexibility index (Phi) is 5.71. The zero-order valence-electron chi connectivity index (χ0n) is 16.9. The molecule has 158 valence electrons. The fourth-order valence-electron chi connectivity index (χ4n) is 3.57. The smallest absolute Gasteiger partial charge is 0.256 e. The predicted octanol–water partition coefficient (Wildman–Crippen LogP) is 5.60. The molecule has 0 aliphatic rings. The molecule has 0 aliphatic heterocycles. The lowest BCUT2D eigenvalue weighted by Gasteiger charge is -2.11. The van der Waals surface area contributed by atoms with Crippen molar-refractivity contribution in [3.8, 4) is 5.75 Å². The Morgan fingerprint density at radius 1 is 1.16 bits per heavy atom. The Morgan fingerprint density at radius 2 is 1.90 bits per heavy atom. The molecule has 0 radical (unpaired) electrons. The first kappa shape index (κ1) is 21.0.